The van der Waals surface area contributed by atoms with Crippen LogP contribution in [0.2, 0.25) is 0 Å². The van der Waals surface area contributed by atoms with E-state index in [1.54, 1.807) is 0 Å². The van der Waals surface area contributed by atoms with Crippen LogP contribution in [0.25, 0.3) is 0 Å². The second-order valence-corrected chi connectivity index (χ2v) is 6.93. The maximum Gasteiger partial charge on any atom is 0.269 e. The van der Waals surface area contributed by atoms with Gasteiger partial charge in [0.1, 0.15) is 0 Å². The number of carbonyl (C=O) groups excluding carboxylic acids is 1. The quantitative estimate of drug-likeness (QED) is 0.559. The van der Waals surface area contributed by atoms with Gasteiger partial charge in [0.15, 0.2) is 14.9 Å². The lowest BCUT2D eigenvalue weighted by Gasteiger charge is -2.13. The number of sulfone groups is 1. The highest BCUT2D eigenvalue weighted by Crippen LogP contribution is 2.10. The first-order valence-electron chi connectivity index (χ1n) is 5.87. The minimum absolute atomic E-state index is 0.0908. The van der Waals surface area contributed by atoms with E-state index in [4.69, 9.17) is 12.2 Å². The smallest absolute Gasteiger partial charge is 0.269 e. The molecule has 0 fully saturated rings. The molecule has 6 nitrogen and oxygen atoms in total. The van der Waals surface area contributed by atoms with Crippen molar-refractivity contribution in [1.29, 1.82) is 0 Å². The Balaban J connectivity index is 2.72. The summed E-state index contributed by atoms with van der Waals surface area (Å²) in [7, 11) is -3.34. The van der Waals surface area contributed by atoms with Crippen LogP contribution in [0.4, 0.5) is 0 Å². The molecule has 0 aliphatic carbocycles. The van der Waals surface area contributed by atoms with Gasteiger partial charge in [-0.15, -0.1) is 0 Å². The lowest BCUT2D eigenvalue weighted by atomic mass is 10.2. The predicted octanol–water partition coefficient (Wildman–Crippen LogP) is 0.607. The fourth-order valence-corrected chi connectivity index (χ4v) is 2.31. The molecule has 0 bridgehead atoms. The van der Waals surface area contributed by atoms with Crippen molar-refractivity contribution in [3.8, 4) is 0 Å². The van der Waals surface area contributed by atoms with E-state index in [1.165, 1.54) is 24.3 Å². The van der Waals surface area contributed by atoms with Crippen LogP contribution in [-0.4, -0.2) is 31.7 Å². The van der Waals surface area contributed by atoms with Gasteiger partial charge in [0.2, 0.25) is 0 Å². The Kier molecular flexibility index (Phi) is 5.46. The molecular weight excluding hydrogens is 298 g/mol. The van der Waals surface area contributed by atoms with E-state index in [0.29, 0.717) is 0 Å². The van der Waals surface area contributed by atoms with Crippen LogP contribution < -0.4 is 16.2 Å². The van der Waals surface area contributed by atoms with Crippen LogP contribution in [0.3, 0.4) is 0 Å². The third-order valence-corrected chi connectivity index (χ3v) is 3.56. The minimum atomic E-state index is -3.34. The molecule has 0 heterocycles. The van der Waals surface area contributed by atoms with Gasteiger partial charge in [-0.05, 0) is 44.3 Å². The summed E-state index contributed by atoms with van der Waals surface area (Å²) < 4.78 is 22.8. The molecule has 0 aliphatic heterocycles. The molecule has 0 aromatic heterocycles. The SMILES string of the molecule is CC(C)NC(=S)NNC(=O)c1cccc(S(C)(=O)=O)c1. The van der Waals surface area contributed by atoms with Crippen molar-refractivity contribution in [2.75, 3.05) is 6.26 Å². The van der Waals surface area contributed by atoms with Gasteiger partial charge in [0.25, 0.3) is 5.91 Å². The first kappa shape index (κ1) is 16.4. The summed E-state index contributed by atoms with van der Waals surface area (Å²) >= 11 is 4.95. The van der Waals surface area contributed by atoms with E-state index < -0.39 is 15.7 Å². The second kappa shape index (κ2) is 6.67. The van der Waals surface area contributed by atoms with Crippen molar-refractivity contribution in [3.63, 3.8) is 0 Å². The van der Waals surface area contributed by atoms with Crippen LogP contribution in [-0.2, 0) is 9.84 Å². The Bertz CT molecular complexity index is 612. The fraction of sp³-hybridized carbons (Fsp3) is 0.333. The molecule has 8 heteroatoms. The van der Waals surface area contributed by atoms with E-state index in [0.717, 1.165) is 6.26 Å². The molecule has 1 aromatic rings. The highest BCUT2D eigenvalue weighted by atomic mass is 32.2. The number of rotatable bonds is 3. The minimum Gasteiger partial charge on any atom is -0.359 e. The van der Waals surface area contributed by atoms with E-state index in [9.17, 15) is 13.2 Å². The van der Waals surface area contributed by atoms with Gasteiger partial charge in [-0.3, -0.25) is 15.6 Å². The zero-order valence-corrected chi connectivity index (χ0v) is 13.1. The summed E-state index contributed by atoms with van der Waals surface area (Å²) in [5.74, 6) is -0.469. The van der Waals surface area contributed by atoms with Gasteiger partial charge in [-0.25, -0.2) is 8.42 Å². The monoisotopic (exact) mass is 315 g/mol. The molecule has 3 N–H and O–H groups in total. The van der Waals surface area contributed by atoms with Crippen molar-refractivity contribution < 1.29 is 13.2 Å². The van der Waals surface area contributed by atoms with Gasteiger partial charge < -0.3 is 5.32 Å². The maximum atomic E-state index is 11.9. The summed E-state index contributed by atoms with van der Waals surface area (Å²) in [4.78, 5) is 11.9. The number of hydrazine groups is 1. The highest BCUT2D eigenvalue weighted by Gasteiger charge is 2.11. The maximum absolute atomic E-state index is 11.9. The Morgan fingerprint density at radius 3 is 2.45 bits per heavy atom. The normalized spacial score (nSPS) is 11.0. The molecular formula is C12H17N3O3S2. The van der Waals surface area contributed by atoms with Crippen molar-refractivity contribution in [3.05, 3.63) is 29.8 Å². The molecule has 0 saturated heterocycles. The molecule has 110 valence electrons. The Labute approximate surface area is 123 Å². The number of hydrogen-bond acceptors (Lipinski definition) is 4. The van der Waals surface area contributed by atoms with Crippen molar-refractivity contribution in [2.45, 2.75) is 24.8 Å². The third kappa shape index (κ3) is 5.14. The van der Waals surface area contributed by atoms with Crippen LogP contribution in [0.15, 0.2) is 29.2 Å². The van der Waals surface area contributed by atoms with Gasteiger partial charge in [-0.2, -0.15) is 0 Å². The van der Waals surface area contributed by atoms with Crippen molar-refractivity contribution in [1.82, 2.24) is 16.2 Å². The van der Waals surface area contributed by atoms with Gasteiger partial charge in [0, 0.05) is 17.9 Å². The van der Waals surface area contributed by atoms with Crippen molar-refractivity contribution >= 4 is 33.1 Å². The molecule has 0 radical (unpaired) electrons. The number of thiocarbonyl (C=S) groups is 1. The van der Waals surface area contributed by atoms with Crippen LogP contribution in [0.1, 0.15) is 24.2 Å². The number of hydrogen-bond donors (Lipinski definition) is 3. The van der Waals surface area contributed by atoms with E-state index in [1.807, 2.05) is 13.8 Å². The van der Waals surface area contributed by atoms with Crippen LogP contribution in [0.5, 0.6) is 0 Å². The number of amides is 1. The summed E-state index contributed by atoms with van der Waals surface area (Å²) in [6.07, 6.45) is 1.09. The largest absolute Gasteiger partial charge is 0.359 e. The number of benzene rings is 1. The van der Waals surface area contributed by atoms with Crippen LogP contribution >= 0.6 is 12.2 Å². The first-order valence-corrected chi connectivity index (χ1v) is 8.17. The summed E-state index contributed by atoms with van der Waals surface area (Å²) in [5.41, 5.74) is 5.17. The highest BCUT2D eigenvalue weighted by molar-refractivity contribution is 7.90. The average Bonchev–Trinajstić information content (AvgIpc) is 2.34. The Morgan fingerprint density at radius 2 is 1.90 bits per heavy atom. The molecule has 0 atom stereocenters. The molecule has 0 saturated carbocycles. The fourth-order valence-electron chi connectivity index (χ4n) is 1.35. The predicted molar refractivity (Wildman–Crippen MR) is 81.0 cm³/mol. The molecule has 1 amide bonds. The molecule has 0 spiro atoms. The number of nitrogens with one attached hydrogen (secondary N) is 3. The van der Waals surface area contributed by atoms with Crippen molar-refractivity contribution in [2.24, 2.45) is 0 Å². The lowest BCUT2D eigenvalue weighted by Crippen LogP contribution is -2.48. The third-order valence-electron chi connectivity index (χ3n) is 2.23. The molecule has 1 aromatic carbocycles. The van der Waals surface area contributed by atoms with Gasteiger partial charge in [-0.1, -0.05) is 6.07 Å². The zero-order valence-electron chi connectivity index (χ0n) is 11.4. The standard InChI is InChI=1S/C12H17N3O3S2/c1-8(2)13-12(19)15-14-11(16)9-5-4-6-10(7-9)20(3,17)18/h4-8H,1-3H3,(H,14,16)(H2,13,15,19). The summed E-state index contributed by atoms with van der Waals surface area (Å²) in [6, 6.07) is 5.91. The summed E-state index contributed by atoms with van der Waals surface area (Å²) in [6.45, 7) is 3.82. The first-order chi connectivity index (χ1) is 9.20. The average molecular weight is 315 g/mol. The van der Waals surface area contributed by atoms with E-state index >= 15 is 0 Å². The number of carbonyl (C=O) groups is 1. The Morgan fingerprint density at radius 1 is 1.25 bits per heavy atom. The molecule has 0 aliphatic rings. The summed E-state index contributed by atoms with van der Waals surface area (Å²) in [5, 5.41) is 3.18. The Hall–Kier alpha value is -1.67. The second-order valence-electron chi connectivity index (χ2n) is 4.51. The van der Waals surface area contributed by atoms with E-state index in [2.05, 4.69) is 16.2 Å². The molecule has 0 unspecified atom stereocenters. The molecule has 1 rings (SSSR count). The topological polar surface area (TPSA) is 87.3 Å². The van der Waals surface area contributed by atoms with Gasteiger partial charge >= 0.3 is 0 Å². The molecule has 20 heavy (non-hydrogen) atoms. The van der Waals surface area contributed by atoms with Gasteiger partial charge in [0.05, 0.1) is 4.90 Å². The zero-order chi connectivity index (χ0) is 15.3. The lowest BCUT2D eigenvalue weighted by molar-refractivity contribution is 0.0943. The van der Waals surface area contributed by atoms with Crippen LogP contribution in [0, 0.1) is 0 Å². The van der Waals surface area contributed by atoms with E-state index in [-0.39, 0.29) is 21.6 Å².